The van der Waals surface area contributed by atoms with Gasteiger partial charge in [-0.05, 0) is 30.3 Å². The van der Waals surface area contributed by atoms with E-state index in [0.29, 0.717) is 22.8 Å². The summed E-state index contributed by atoms with van der Waals surface area (Å²) in [5.41, 5.74) is 1.78. The molecule has 5 aromatic rings. The van der Waals surface area contributed by atoms with Crippen molar-refractivity contribution in [3.63, 3.8) is 0 Å². The van der Waals surface area contributed by atoms with Crippen LogP contribution in [0.2, 0.25) is 0 Å². The number of carbonyl (C=O) groups excluding carboxylic acids is 1. The number of urea groups is 1. The fraction of sp³-hybridized carbons (Fsp3) is 0.167. The van der Waals surface area contributed by atoms with Crippen LogP contribution in [0.5, 0.6) is 11.5 Å². The maximum Gasteiger partial charge on any atom is 0.324 e. The molecule has 0 unspecified atom stereocenters. The minimum atomic E-state index is -0.742. The Morgan fingerprint density at radius 2 is 1.79 bits per heavy atom. The molecular weight excluding hydrogens is 542 g/mol. The summed E-state index contributed by atoms with van der Waals surface area (Å²) < 4.78 is 38.2. The molecule has 3 heterocycles. The Balaban J connectivity index is 1.32. The Kier molecular flexibility index (Phi) is 7.41. The van der Waals surface area contributed by atoms with Crippen LogP contribution in [0.3, 0.4) is 0 Å². The third kappa shape index (κ3) is 6.10. The van der Waals surface area contributed by atoms with Crippen molar-refractivity contribution in [2.45, 2.75) is 26.2 Å². The van der Waals surface area contributed by atoms with Gasteiger partial charge in [0.25, 0.3) is 0 Å². The van der Waals surface area contributed by atoms with Gasteiger partial charge in [-0.15, -0.1) is 0 Å². The van der Waals surface area contributed by atoms with E-state index in [2.05, 4.69) is 25.8 Å². The van der Waals surface area contributed by atoms with Gasteiger partial charge >= 0.3 is 6.03 Å². The van der Waals surface area contributed by atoms with Gasteiger partial charge in [0, 0.05) is 54.7 Å². The number of anilines is 2. The number of nitriles is 1. The molecule has 212 valence electrons. The van der Waals surface area contributed by atoms with Crippen LogP contribution in [0.15, 0.2) is 73.2 Å². The number of nitrogens with one attached hydrogen (secondary N) is 2. The lowest BCUT2D eigenvalue weighted by Crippen LogP contribution is -2.22. The van der Waals surface area contributed by atoms with Gasteiger partial charge in [-0.2, -0.15) is 15.5 Å². The SMILES string of the molecule is Cn1cc(-c2cc(Oc3ccc(NC(=O)Nc4cc(C(C)(C)C)nn4-c4ccc(C#N)c(F)c4)c(F)c3)ccn2)cn1. The van der Waals surface area contributed by atoms with Gasteiger partial charge in [0.1, 0.15) is 35.0 Å². The number of pyridine rings is 1. The third-order valence-electron chi connectivity index (χ3n) is 6.19. The van der Waals surface area contributed by atoms with E-state index in [9.17, 15) is 13.6 Å². The Morgan fingerprint density at radius 1 is 1.00 bits per heavy atom. The standard InChI is InChI=1S/C30H26F2N8O2/c1-30(2,3)27-14-28(40(38-27)20-6-5-18(15-33)23(31)11-20)37-29(41)36-25-8-7-21(12-24(25)32)42-22-9-10-34-26(13-22)19-16-35-39(4)17-19/h5-14,16-17H,1-4H3,(H2,36,37,41). The van der Waals surface area contributed by atoms with Crippen molar-refractivity contribution in [2.24, 2.45) is 7.05 Å². The highest BCUT2D eigenvalue weighted by Crippen LogP contribution is 2.29. The second-order valence-corrected chi connectivity index (χ2v) is 10.5. The number of benzene rings is 2. The number of carbonyl (C=O) groups is 1. The summed E-state index contributed by atoms with van der Waals surface area (Å²) in [7, 11) is 1.80. The summed E-state index contributed by atoms with van der Waals surface area (Å²) in [6, 6.07) is 14.1. The number of aryl methyl sites for hydroxylation is 1. The Bertz CT molecular complexity index is 1830. The summed E-state index contributed by atoms with van der Waals surface area (Å²) in [4.78, 5) is 17.2. The van der Waals surface area contributed by atoms with E-state index >= 15 is 0 Å². The Morgan fingerprint density at radius 3 is 2.45 bits per heavy atom. The van der Waals surface area contributed by atoms with Gasteiger partial charge in [0.05, 0.1) is 34.5 Å². The quantitative estimate of drug-likeness (QED) is 0.239. The first-order chi connectivity index (χ1) is 20.0. The highest BCUT2D eigenvalue weighted by atomic mass is 19.1. The summed E-state index contributed by atoms with van der Waals surface area (Å²) in [5.74, 6) is -0.546. The smallest absolute Gasteiger partial charge is 0.324 e. The zero-order valence-corrected chi connectivity index (χ0v) is 23.2. The fourth-order valence-corrected chi connectivity index (χ4v) is 4.01. The van der Waals surface area contributed by atoms with Crippen LogP contribution in [0, 0.1) is 23.0 Å². The number of halogens is 2. The number of aromatic nitrogens is 5. The van der Waals surface area contributed by atoms with Crippen LogP contribution in [0.1, 0.15) is 32.0 Å². The van der Waals surface area contributed by atoms with Crippen LogP contribution in [0.4, 0.5) is 25.1 Å². The van der Waals surface area contributed by atoms with E-state index in [1.807, 2.05) is 27.0 Å². The number of hydrogen-bond donors (Lipinski definition) is 2. The number of hydrogen-bond acceptors (Lipinski definition) is 6. The van der Waals surface area contributed by atoms with Crippen molar-refractivity contribution in [3.8, 4) is 34.5 Å². The molecule has 0 atom stereocenters. The van der Waals surface area contributed by atoms with E-state index < -0.39 is 23.1 Å². The molecule has 0 aliphatic rings. The predicted octanol–water partition coefficient (Wildman–Crippen LogP) is 6.55. The lowest BCUT2D eigenvalue weighted by molar-refractivity contribution is 0.262. The summed E-state index contributed by atoms with van der Waals surface area (Å²) in [6.07, 6.45) is 5.07. The largest absolute Gasteiger partial charge is 0.457 e. The van der Waals surface area contributed by atoms with Crippen molar-refractivity contribution < 1.29 is 18.3 Å². The lowest BCUT2D eigenvalue weighted by Gasteiger charge is -2.14. The van der Waals surface area contributed by atoms with Gasteiger partial charge in [-0.25, -0.2) is 18.3 Å². The molecule has 0 radical (unpaired) electrons. The van der Waals surface area contributed by atoms with Gasteiger partial charge in [0.15, 0.2) is 0 Å². The highest BCUT2D eigenvalue weighted by molar-refractivity contribution is 5.99. The second kappa shape index (κ2) is 11.1. The second-order valence-electron chi connectivity index (χ2n) is 10.5. The maximum atomic E-state index is 15.0. The molecule has 3 aromatic heterocycles. The molecular formula is C30H26F2N8O2. The summed E-state index contributed by atoms with van der Waals surface area (Å²) >= 11 is 0. The molecule has 10 nitrogen and oxygen atoms in total. The molecule has 0 fully saturated rings. The monoisotopic (exact) mass is 568 g/mol. The number of rotatable bonds is 6. The zero-order chi connectivity index (χ0) is 30.0. The first kappa shape index (κ1) is 28.0. The van der Waals surface area contributed by atoms with Gasteiger partial charge in [-0.3, -0.25) is 15.0 Å². The van der Waals surface area contributed by atoms with E-state index in [-0.39, 0.29) is 22.8 Å². The molecule has 0 saturated carbocycles. The topological polar surface area (TPSA) is 123 Å². The molecule has 2 aromatic carbocycles. The first-order valence-electron chi connectivity index (χ1n) is 12.8. The maximum absolute atomic E-state index is 15.0. The molecule has 0 saturated heterocycles. The summed E-state index contributed by atoms with van der Waals surface area (Å²) in [5, 5.41) is 22.9. The van der Waals surface area contributed by atoms with Gasteiger partial charge in [-0.1, -0.05) is 20.8 Å². The van der Waals surface area contributed by atoms with Crippen LogP contribution in [0.25, 0.3) is 16.9 Å². The third-order valence-corrected chi connectivity index (χ3v) is 6.19. The minimum Gasteiger partial charge on any atom is -0.457 e. The fourth-order valence-electron chi connectivity index (χ4n) is 4.01. The minimum absolute atomic E-state index is 0.0860. The average molecular weight is 569 g/mol. The van der Waals surface area contributed by atoms with Crippen molar-refractivity contribution in [1.82, 2.24) is 24.5 Å². The molecule has 5 rings (SSSR count). The van der Waals surface area contributed by atoms with Gasteiger partial charge < -0.3 is 10.1 Å². The van der Waals surface area contributed by atoms with E-state index in [4.69, 9.17) is 10.00 Å². The first-order valence-corrected chi connectivity index (χ1v) is 12.8. The average Bonchev–Trinajstić information content (AvgIpc) is 3.57. The predicted molar refractivity (Wildman–Crippen MR) is 152 cm³/mol. The lowest BCUT2D eigenvalue weighted by atomic mass is 9.92. The van der Waals surface area contributed by atoms with Crippen LogP contribution < -0.4 is 15.4 Å². The normalized spacial score (nSPS) is 11.2. The molecule has 0 aliphatic carbocycles. The summed E-state index contributed by atoms with van der Waals surface area (Å²) in [6.45, 7) is 5.81. The molecule has 0 aliphatic heterocycles. The van der Waals surface area contributed by atoms with Crippen LogP contribution in [-0.4, -0.2) is 30.6 Å². The van der Waals surface area contributed by atoms with Crippen molar-refractivity contribution in [1.29, 1.82) is 5.26 Å². The molecule has 0 spiro atoms. The molecule has 42 heavy (non-hydrogen) atoms. The zero-order valence-electron chi connectivity index (χ0n) is 23.2. The van der Waals surface area contributed by atoms with E-state index in [1.54, 1.807) is 48.4 Å². The Hall–Kier alpha value is -5.57. The number of nitrogens with zero attached hydrogens (tertiary/aromatic N) is 6. The van der Waals surface area contributed by atoms with E-state index in [0.717, 1.165) is 17.7 Å². The molecule has 2 amide bonds. The highest BCUT2D eigenvalue weighted by Gasteiger charge is 2.22. The molecule has 0 bridgehead atoms. The number of ether oxygens (including phenoxy) is 1. The molecule has 12 heteroatoms. The van der Waals surface area contributed by atoms with Crippen LogP contribution >= 0.6 is 0 Å². The van der Waals surface area contributed by atoms with Crippen molar-refractivity contribution in [3.05, 3.63) is 96.1 Å². The van der Waals surface area contributed by atoms with Gasteiger partial charge in [0.2, 0.25) is 0 Å². The van der Waals surface area contributed by atoms with E-state index in [1.165, 1.54) is 28.9 Å². The molecule has 2 N–H and O–H groups in total. The van der Waals surface area contributed by atoms with Crippen LogP contribution in [-0.2, 0) is 12.5 Å². The van der Waals surface area contributed by atoms with Crippen molar-refractivity contribution in [2.75, 3.05) is 10.6 Å². The Labute approximate surface area is 240 Å². The number of amides is 2. The van der Waals surface area contributed by atoms with Crippen molar-refractivity contribution >= 4 is 17.5 Å².